The molecular formula is C26H29ClN4O4. The number of piperazine rings is 1. The molecule has 2 heterocycles. The van der Waals surface area contributed by atoms with Gasteiger partial charge in [0.2, 0.25) is 0 Å². The molecule has 35 heavy (non-hydrogen) atoms. The van der Waals surface area contributed by atoms with E-state index in [9.17, 15) is 4.79 Å². The Hall–Kier alpha value is -3.52. The molecule has 8 nitrogen and oxygen atoms in total. The van der Waals surface area contributed by atoms with Crippen LogP contribution in [-0.4, -0.2) is 68.0 Å². The zero-order chi connectivity index (χ0) is 24.9. The normalized spacial score (nSPS) is 13.5. The minimum absolute atomic E-state index is 0.00259. The number of aryl methyl sites for hydroxylation is 2. The molecule has 0 saturated carbocycles. The van der Waals surface area contributed by atoms with E-state index in [1.54, 1.807) is 14.2 Å². The molecule has 1 saturated heterocycles. The van der Waals surface area contributed by atoms with Crippen LogP contribution in [0.25, 0.3) is 11.3 Å². The second kappa shape index (κ2) is 10.8. The topological polar surface area (TPSA) is 77.0 Å². The average Bonchev–Trinajstić information content (AvgIpc) is 2.90. The van der Waals surface area contributed by atoms with E-state index in [4.69, 9.17) is 25.8 Å². The smallest absolute Gasteiger partial charge is 0.260 e. The Kier molecular flexibility index (Phi) is 7.60. The number of anilines is 1. The van der Waals surface area contributed by atoms with Gasteiger partial charge in [0.15, 0.2) is 12.4 Å². The van der Waals surface area contributed by atoms with E-state index in [2.05, 4.69) is 15.1 Å². The summed E-state index contributed by atoms with van der Waals surface area (Å²) in [5, 5.41) is 9.55. The summed E-state index contributed by atoms with van der Waals surface area (Å²) in [7, 11) is 3.24. The third-order valence-electron chi connectivity index (χ3n) is 6.06. The summed E-state index contributed by atoms with van der Waals surface area (Å²) >= 11 is 6.21. The first-order valence-electron chi connectivity index (χ1n) is 11.4. The predicted octanol–water partition coefficient (Wildman–Crippen LogP) is 4.16. The number of ether oxygens (including phenoxy) is 3. The summed E-state index contributed by atoms with van der Waals surface area (Å²) in [4.78, 5) is 16.6. The number of carbonyl (C=O) groups is 1. The molecular weight excluding hydrogens is 468 g/mol. The number of carbonyl (C=O) groups excluding carboxylic acids is 1. The Balaban J connectivity index is 1.34. The SMILES string of the molecule is COc1ccc(OC)c(-c2ccc(N3CCN(C(=O)COc4cc(C)c(Cl)c(C)c4)CC3)nn2)c1. The number of methoxy groups -OCH3 is 2. The predicted molar refractivity (Wildman–Crippen MR) is 136 cm³/mol. The fourth-order valence-electron chi connectivity index (χ4n) is 4.06. The van der Waals surface area contributed by atoms with Gasteiger partial charge in [-0.15, -0.1) is 10.2 Å². The number of benzene rings is 2. The van der Waals surface area contributed by atoms with Crippen LogP contribution in [0.1, 0.15) is 11.1 Å². The summed E-state index contributed by atoms with van der Waals surface area (Å²) in [6, 6.07) is 13.1. The highest BCUT2D eigenvalue weighted by molar-refractivity contribution is 6.32. The highest BCUT2D eigenvalue weighted by Crippen LogP contribution is 2.32. The van der Waals surface area contributed by atoms with E-state index in [0.29, 0.717) is 43.4 Å². The fourth-order valence-corrected chi connectivity index (χ4v) is 4.17. The second-order valence-corrected chi connectivity index (χ2v) is 8.75. The lowest BCUT2D eigenvalue weighted by molar-refractivity contribution is -0.133. The fraction of sp³-hybridized carbons (Fsp3) is 0.346. The highest BCUT2D eigenvalue weighted by Gasteiger charge is 2.23. The molecule has 4 rings (SSSR count). The first-order chi connectivity index (χ1) is 16.9. The van der Waals surface area contributed by atoms with E-state index >= 15 is 0 Å². The van der Waals surface area contributed by atoms with Crippen molar-refractivity contribution in [2.75, 3.05) is 51.9 Å². The highest BCUT2D eigenvalue weighted by atomic mass is 35.5. The minimum Gasteiger partial charge on any atom is -0.497 e. The number of hydrogen-bond donors (Lipinski definition) is 0. The van der Waals surface area contributed by atoms with Crippen LogP contribution in [0.5, 0.6) is 17.2 Å². The van der Waals surface area contributed by atoms with Crippen LogP contribution in [0.2, 0.25) is 5.02 Å². The summed E-state index contributed by atoms with van der Waals surface area (Å²) in [5.41, 5.74) is 3.37. The van der Waals surface area contributed by atoms with Crippen LogP contribution in [0.4, 0.5) is 5.82 Å². The molecule has 0 N–H and O–H groups in total. The second-order valence-electron chi connectivity index (χ2n) is 8.37. The first kappa shape index (κ1) is 24.6. The molecule has 0 spiro atoms. The van der Waals surface area contributed by atoms with E-state index in [-0.39, 0.29) is 12.5 Å². The van der Waals surface area contributed by atoms with Crippen LogP contribution in [0.15, 0.2) is 42.5 Å². The largest absolute Gasteiger partial charge is 0.497 e. The molecule has 0 aliphatic carbocycles. The Morgan fingerprint density at radius 1 is 0.914 bits per heavy atom. The number of hydrogen-bond acceptors (Lipinski definition) is 7. The van der Waals surface area contributed by atoms with Crippen molar-refractivity contribution in [3.8, 4) is 28.5 Å². The average molecular weight is 497 g/mol. The van der Waals surface area contributed by atoms with Crippen molar-refractivity contribution in [1.82, 2.24) is 15.1 Å². The lowest BCUT2D eigenvalue weighted by Crippen LogP contribution is -2.50. The van der Waals surface area contributed by atoms with Gasteiger partial charge >= 0.3 is 0 Å². The first-order valence-corrected chi connectivity index (χ1v) is 11.8. The molecule has 0 unspecified atom stereocenters. The van der Waals surface area contributed by atoms with Crippen molar-refractivity contribution in [1.29, 1.82) is 0 Å². The molecule has 0 radical (unpaired) electrons. The molecule has 0 bridgehead atoms. The maximum atomic E-state index is 12.7. The molecule has 1 aliphatic rings. The van der Waals surface area contributed by atoms with E-state index in [0.717, 1.165) is 33.3 Å². The van der Waals surface area contributed by atoms with Gasteiger partial charge in [-0.1, -0.05) is 11.6 Å². The van der Waals surface area contributed by atoms with Gasteiger partial charge in [0.05, 0.1) is 19.9 Å². The molecule has 3 aromatic rings. The molecule has 2 aromatic carbocycles. The Morgan fingerprint density at radius 2 is 1.63 bits per heavy atom. The quantitative estimate of drug-likeness (QED) is 0.486. The van der Waals surface area contributed by atoms with Crippen molar-refractivity contribution in [3.63, 3.8) is 0 Å². The third-order valence-corrected chi connectivity index (χ3v) is 6.66. The lowest BCUT2D eigenvalue weighted by atomic mass is 10.1. The number of rotatable bonds is 7. The maximum absolute atomic E-state index is 12.7. The van der Waals surface area contributed by atoms with Gasteiger partial charge in [0.25, 0.3) is 5.91 Å². The van der Waals surface area contributed by atoms with Crippen molar-refractivity contribution in [2.24, 2.45) is 0 Å². The Bertz CT molecular complexity index is 1170. The maximum Gasteiger partial charge on any atom is 0.260 e. The van der Waals surface area contributed by atoms with Gasteiger partial charge in [-0.05, 0) is 67.4 Å². The summed E-state index contributed by atoms with van der Waals surface area (Å²) in [6.45, 7) is 6.36. The van der Waals surface area contributed by atoms with Gasteiger partial charge in [-0.3, -0.25) is 4.79 Å². The van der Waals surface area contributed by atoms with E-state index in [1.165, 1.54) is 0 Å². The lowest BCUT2D eigenvalue weighted by Gasteiger charge is -2.35. The monoisotopic (exact) mass is 496 g/mol. The molecule has 1 fully saturated rings. The third kappa shape index (κ3) is 5.59. The molecule has 1 amide bonds. The van der Waals surface area contributed by atoms with Crippen molar-refractivity contribution in [3.05, 3.63) is 58.6 Å². The Morgan fingerprint density at radius 3 is 2.23 bits per heavy atom. The van der Waals surface area contributed by atoms with Crippen molar-refractivity contribution in [2.45, 2.75) is 13.8 Å². The molecule has 1 aliphatic heterocycles. The summed E-state index contributed by atoms with van der Waals surface area (Å²) in [6.07, 6.45) is 0. The summed E-state index contributed by atoms with van der Waals surface area (Å²) < 4.78 is 16.5. The number of amides is 1. The van der Waals surface area contributed by atoms with Crippen LogP contribution >= 0.6 is 11.6 Å². The standard InChI is InChI=1S/C26H29ClN4O4/c1-17-13-20(14-18(2)26(17)27)35-16-25(32)31-11-9-30(10-12-31)24-8-6-22(28-29-24)21-15-19(33-3)5-7-23(21)34-4/h5-8,13-15H,9-12,16H2,1-4H3. The number of halogens is 1. The summed E-state index contributed by atoms with van der Waals surface area (Å²) in [5.74, 6) is 2.80. The van der Waals surface area contributed by atoms with E-state index < -0.39 is 0 Å². The van der Waals surface area contributed by atoms with Crippen LogP contribution in [0, 0.1) is 13.8 Å². The molecule has 1 aromatic heterocycles. The van der Waals surface area contributed by atoms with Gasteiger partial charge in [0.1, 0.15) is 17.2 Å². The van der Waals surface area contributed by atoms with Crippen molar-refractivity contribution >= 4 is 23.3 Å². The van der Waals surface area contributed by atoms with E-state index in [1.807, 2.05) is 61.2 Å². The van der Waals surface area contributed by atoms with Gasteiger partial charge in [-0.2, -0.15) is 0 Å². The van der Waals surface area contributed by atoms with Gasteiger partial charge < -0.3 is 24.0 Å². The molecule has 184 valence electrons. The van der Waals surface area contributed by atoms with Crippen LogP contribution in [-0.2, 0) is 4.79 Å². The zero-order valence-electron chi connectivity index (χ0n) is 20.4. The van der Waals surface area contributed by atoms with Gasteiger partial charge in [-0.25, -0.2) is 0 Å². The van der Waals surface area contributed by atoms with Crippen LogP contribution in [0.3, 0.4) is 0 Å². The van der Waals surface area contributed by atoms with Crippen molar-refractivity contribution < 1.29 is 19.0 Å². The Labute approximate surface area is 210 Å². The number of nitrogens with zero attached hydrogens (tertiary/aromatic N) is 4. The number of aromatic nitrogens is 2. The molecule has 0 atom stereocenters. The minimum atomic E-state index is -0.0403. The zero-order valence-corrected chi connectivity index (χ0v) is 21.1. The van der Waals surface area contributed by atoms with Gasteiger partial charge in [0, 0.05) is 36.8 Å². The molecule has 9 heteroatoms. The van der Waals surface area contributed by atoms with Crippen LogP contribution < -0.4 is 19.1 Å².